The third-order valence-corrected chi connectivity index (χ3v) is 4.33. The van der Waals surface area contributed by atoms with E-state index in [0.29, 0.717) is 6.42 Å². The van der Waals surface area contributed by atoms with Gasteiger partial charge in [-0.2, -0.15) is 0 Å². The normalized spacial score (nSPS) is 11.2. The zero-order chi connectivity index (χ0) is 21.6. The van der Waals surface area contributed by atoms with E-state index in [1.54, 1.807) is 0 Å². The maximum Gasteiger partial charge on any atom is 0.322 e. The molecule has 0 radical (unpaired) electrons. The van der Waals surface area contributed by atoms with E-state index in [9.17, 15) is 14.4 Å². The summed E-state index contributed by atoms with van der Waals surface area (Å²) in [6.45, 7) is 3.40. The van der Waals surface area contributed by atoms with Crippen molar-refractivity contribution in [2.75, 3.05) is 6.54 Å². The Hall–Kier alpha value is -1.63. The second-order valence-electron chi connectivity index (χ2n) is 7.29. The summed E-state index contributed by atoms with van der Waals surface area (Å²) in [4.78, 5) is 31.1. The quantitative estimate of drug-likeness (QED) is 0.271. The molecule has 0 aliphatic heterocycles. The van der Waals surface area contributed by atoms with Crippen LogP contribution in [0.1, 0.15) is 104 Å². The Labute approximate surface area is 170 Å². The van der Waals surface area contributed by atoms with Crippen molar-refractivity contribution in [2.45, 2.75) is 110 Å². The maximum atomic E-state index is 11.3. The van der Waals surface area contributed by atoms with Gasteiger partial charge in [-0.15, -0.1) is 0 Å². The fourth-order valence-electron chi connectivity index (χ4n) is 2.57. The van der Waals surface area contributed by atoms with Crippen molar-refractivity contribution in [3.63, 3.8) is 0 Å². The van der Waals surface area contributed by atoms with E-state index < -0.39 is 18.0 Å². The molecule has 1 unspecified atom stereocenters. The van der Waals surface area contributed by atoms with Crippen molar-refractivity contribution in [1.29, 1.82) is 0 Å². The van der Waals surface area contributed by atoms with Crippen molar-refractivity contribution in [1.82, 2.24) is 5.32 Å². The summed E-state index contributed by atoms with van der Waals surface area (Å²) in [5.41, 5.74) is 4.84. The highest BCUT2D eigenvalue weighted by Gasteiger charge is 2.03. The number of nitrogens with one attached hydrogen (secondary N) is 1. The number of carboxylic acids is 2. The van der Waals surface area contributed by atoms with Gasteiger partial charge in [0.15, 0.2) is 0 Å². The van der Waals surface area contributed by atoms with Crippen LogP contribution in [0.15, 0.2) is 0 Å². The van der Waals surface area contributed by atoms with Crippen LogP contribution in [0.2, 0.25) is 0 Å². The van der Waals surface area contributed by atoms with E-state index in [1.165, 1.54) is 77.6 Å². The lowest BCUT2D eigenvalue weighted by Gasteiger charge is -2.04. The zero-order valence-corrected chi connectivity index (χ0v) is 17.9. The number of carbonyl (C=O) groups excluding carboxylic acids is 1. The molecule has 1 atom stereocenters. The van der Waals surface area contributed by atoms with Gasteiger partial charge in [0, 0.05) is 6.42 Å². The molecule has 166 valence electrons. The average Bonchev–Trinajstić information content (AvgIpc) is 2.64. The minimum Gasteiger partial charge on any atom is -0.480 e. The minimum atomic E-state index is -0.987. The van der Waals surface area contributed by atoms with Gasteiger partial charge in [-0.3, -0.25) is 14.4 Å². The van der Waals surface area contributed by atoms with Gasteiger partial charge in [0.05, 0.1) is 0 Å². The van der Waals surface area contributed by atoms with Gasteiger partial charge in [-0.25, -0.2) is 0 Å². The third kappa shape index (κ3) is 26.6. The van der Waals surface area contributed by atoms with E-state index in [-0.39, 0.29) is 12.5 Å². The summed E-state index contributed by atoms with van der Waals surface area (Å²) in [6.07, 6.45) is 17.1. The van der Waals surface area contributed by atoms with Crippen LogP contribution >= 0.6 is 0 Å². The molecule has 1 amide bonds. The van der Waals surface area contributed by atoms with Crippen LogP contribution in [0.4, 0.5) is 0 Å². The number of unbranched alkanes of at least 4 members (excludes halogenated alkanes) is 12. The molecule has 0 saturated carbocycles. The molecule has 28 heavy (non-hydrogen) atoms. The minimum absolute atomic E-state index is 0.148. The topological polar surface area (TPSA) is 130 Å². The molecule has 0 fully saturated rings. The summed E-state index contributed by atoms with van der Waals surface area (Å²) >= 11 is 0. The van der Waals surface area contributed by atoms with Crippen LogP contribution in [-0.2, 0) is 14.4 Å². The van der Waals surface area contributed by atoms with Crippen LogP contribution in [0.3, 0.4) is 0 Å². The summed E-state index contributed by atoms with van der Waals surface area (Å²) in [6, 6.07) is -0.731. The fraction of sp³-hybridized carbons (Fsp3) is 0.857. The molecule has 0 aromatic rings. The molecule has 0 aromatic carbocycles. The Morgan fingerprint density at radius 1 is 0.786 bits per heavy atom. The Bertz CT molecular complexity index is 400. The molecule has 0 bridgehead atoms. The van der Waals surface area contributed by atoms with Crippen molar-refractivity contribution < 1.29 is 24.6 Å². The lowest BCUT2D eigenvalue weighted by molar-refractivity contribution is -0.138. The fourth-order valence-corrected chi connectivity index (χ4v) is 2.57. The first kappa shape index (κ1) is 28.6. The van der Waals surface area contributed by atoms with Crippen molar-refractivity contribution in [2.24, 2.45) is 5.73 Å². The van der Waals surface area contributed by atoms with E-state index >= 15 is 0 Å². The maximum absolute atomic E-state index is 11.3. The smallest absolute Gasteiger partial charge is 0.322 e. The van der Waals surface area contributed by atoms with Crippen LogP contribution < -0.4 is 11.1 Å². The highest BCUT2D eigenvalue weighted by Crippen LogP contribution is 2.12. The Balaban J connectivity index is 0. The molecule has 0 aliphatic rings. The molecule has 0 rings (SSSR count). The highest BCUT2D eigenvalue weighted by atomic mass is 16.4. The van der Waals surface area contributed by atoms with Gasteiger partial charge < -0.3 is 21.3 Å². The van der Waals surface area contributed by atoms with Crippen molar-refractivity contribution in [3.05, 3.63) is 0 Å². The summed E-state index contributed by atoms with van der Waals surface area (Å²) in [7, 11) is 0. The molecule has 5 N–H and O–H groups in total. The van der Waals surface area contributed by atoms with E-state index in [4.69, 9.17) is 15.9 Å². The number of carbonyl (C=O) groups is 3. The molecular formula is C21H42N2O5. The van der Waals surface area contributed by atoms with Gasteiger partial charge >= 0.3 is 11.9 Å². The first-order valence-corrected chi connectivity index (χ1v) is 10.8. The molecule has 0 spiro atoms. The Kier molecular flexibility index (Phi) is 22.1. The molecular weight excluding hydrogens is 360 g/mol. The van der Waals surface area contributed by atoms with Gasteiger partial charge in [-0.05, 0) is 13.3 Å². The molecule has 0 aromatic heterocycles. The summed E-state index contributed by atoms with van der Waals surface area (Å²) in [5, 5.41) is 18.7. The number of carboxylic acid groups (broad SMARTS) is 2. The number of nitrogens with two attached hydrogens (primary N) is 1. The predicted molar refractivity (Wildman–Crippen MR) is 112 cm³/mol. The van der Waals surface area contributed by atoms with Gasteiger partial charge in [0.2, 0.25) is 5.91 Å². The number of rotatable bonds is 17. The first-order valence-electron chi connectivity index (χ1n) is 10.8. The number of aliphatic carboxylic acids is 2. The predicted octanol–water partition coefficient (Wildman–Crippen LogP) is 4.09. The Morgan fingerprint density at radius 2 is 1.14 bits per heavy atom. The SMILES string of the molecule is CC(N)C(=O)O.CCCCCCCCCCCCCCCC(=O)NCC(=O)O. The third-order valence-electron chi connectivity index (χ3n) is 4.33. The van der Waals surface area contributed by atoms with Crippen LogP contribution in [-0.4, -0.2) is 40.6 Å². The molecule has 0 aliphatic carbocycles. The second kappa shape index (κ2) is 21.7. The van der Waals surface area contributed by atoms with E-state index in [1.807, 2.05) is 0 Å². The van der Waals surface area contributed by atoms with Gasteiger partial charge in [0.25, 0.3) is 0 Å². The van der Waals surface area contributed by atoms with Crippen LogP contribution in [0, 0.1) is 0 Å². The number of hydrogen-bond donors (Lipinski definition) is 4. The lowest BCUT2D eigenvalue weighted by Crippen LogP contribution is -2.28. The average molecular weight is 403 g/mol. The molecule has 7 heteroatoms. The summed E-state index contributed by atoms with van der Waals surface area (Å²) < 4.78 is 0. The standard InChI is InChI=1S/C18H35NO3.C3H7NO2/c1-2-3-4-5-6-7-8-9-10-11-12-13-14-15-17(20)19-16-18(21)22;1-2(4)3(5)6/h2-16H2,1H3,(H,19,20)(H,21,22);2H,4H2,1H3,(H,5,6). The van der Waals surface area contributed by atoms with E-state index in [2.05, 4.69) is 12.2 Å². The Morgan fingerprint density at radius 3 is 1.46 bits per heavy atom. The first-order chi connectivity index (χ1) is 13.3. The largest absolute Gasteiger partial charge is 0.480 e. The monoisotopic (exact) mass is 402 g/mol. The zero-order valence-electron chi connectivity index (χ0n) is 17.9. The second-order valence-corrected chi connectivity index (χ2v) is 7.29. The molecule has 0 saturated heterocycles. The number of hydrogen-bond acceptors (Lipinski definition) is 4. The van der Waals surface area contributed by atoms with Gasteiger partial charge in [-0.1, -0.05) is 84.0 Å². The highest BCUT2D eigenvalue weighted by molar-refractivity contribution is 5.80. The summed E-state index contributed by atoms with van der Waals surface area (Å²) in [5.74, 6) is -2.10. The van der Waals surface area contributed by atoms with E-state index in [0.717, 1.165) is 12.8 Å². The van der Waals surface area contributed by atoms with Crippen molar-refractivity contribution in [3.8, 4) is 0 Å². The van der Waals surface area contributed by atoms with Crippen molar-refractivity contribution >= 4 is 17.8 Å². The van der Waals surface area contributed by atoms with Gasteiger partial charge in [0.1, 0.15) is 12.6 Å². The number of amides is 1. The van der Waals surface area contributed by atoms with Crippen LogP contribution in [0.25, 0.3) is 0 Å². The molecule has 0 heterocycles. The van der Waals surface area contributed by atoms with Crippen LogP contribution in [0.5, 0.6) is 0 Å². The lowest BCUT2D eigenvalue weighted by atomic mass is 10.0. The molecule has 7 nitrogen and oxygen atoms in total.